The number of fused-ring (bicyclic) bond motifs is 1. The first-order valence-electron chi connectivity index (χ1n) is 10.8. The van der Waals surface area contributed by atoms with Crippen LogP contribution in [-0.2, 0) is 10.3 Å². The first kappa shape index (κ1) is 20.4. The average molecular weight is 401 g/mol. The van der Waals surface area contributed by atoms with E-state index in [1.807, 2.05) is 18.2 Å². The third-order valence-corrected chi connectivity index (χ3v) is 6.10. The van der Waals surface area contributed by atoms with Gasteiger partial charge < -0.3 is 24.5 Å². The van der Waals surface area contributed by atoms with E-state index < -0.39 is 5.60 Å². The van der Waals surface area contributed by atoms with E-state index in [0.717, 1.165) is 62.9 Å². The van der Waals surface area contributed by atoms with E-state index in [4.69, 9.17) is 9.15 Å². The summed E-state index contributed by atoms with van der Waals surface area (Å²) in [5.41, 5.74) is 0.749. The molecule has 3 heterocycles. The fourth-order valence-corrected chi connectivity index (χ4v) is 4.45. The van der Waals surface area contributed by atoms with Gasteiger partial charge >= 0.3 is 0 Å². The minimum Gasteiger partial charge on any atom is -0.451 e. The van der Waals surface area contributed by atoms with Gasteiger partial charge in [-0.2, -0.15) is 0 Å². The van der Waals surface area contributed by atoms with Crippen molar-refractivity contribution in [3.8, 4) is 0 Å². The Kier molecular flexibility index (Phi) is 5.95. The lowest BCUT2D eigenvalue weighted by Gasteiger charge is -2.39. The van der Waals surface area contributed by atoms with E-state index in [1.54, 1.807) is 6.07 Å². The van der Waals surface area contributed by atoms with Crippen LogP contribution in [0.4, 0.5) is 0 Å². The van der Waals surface area contributed by atoms with Crippen LogP contribution in [0.1, 0.15) is 55.6 Å². The fourth-order valence-electron chi connectivity index (χ4n) is 4.45. The Morgan fingerprint density at radius 1 is 1.31 bits per heavy atom. The molecule has 2 fully saturated rings. The lowest BCUT2D eigenvalue weighted by molar-refractivity contribution is -0.0278. The smallest absolute Gasteiger partial charge is 0.287 e. The number of hydrogen-bond donors (Lipinski definition) is 2. The van der Waals surface area contributed by atoms with Crippen LogP contribution < -0.4 is 5.32 Å². The van der Waals surface area contributed by atoms with Gasteiger partial charge in [0.1, 0.15) is 5.58 Å². The third-order valence-electron chi connectivity index (χ3n) is 6.10. The van der Waals surface area contributed by atoms with Crippen molar-refractivity contribution in [3.63, 3.8) is 0 Å². The van der Waals surface area contributed by atoms with Crippen molar-refractivity contribution in [3.05, 3.63) is 35.6 Å². The van der Waals surface area contributed by atoms with Gasteiger partial charge in [-0.05, 0) is 55.4 Å². The van der Waals surface area contributed by atoms with Gasteiger partial charge in [0.05, 0.1) is 11.7 Å². The number of benzene rings is 1. The number of nitrogens with one attached hydrogen (secondary N) is 1. The van der Waals surface area contributed by atoms with Crippen LogP contribution in [0.15, 0.2) is 28.7 Å². The summed E-state index contributed by atoms with van der Waals surface area (Å²) in [6, 6.07) is 7.52. The average Bonchev–Trinajstić information content (AvgIpc) is 3.36. The SMILES string of the molecule is CC(C)CN1CCC(O)(c2ccc3oc(C(=O)NC[C@H]4CCCO4)cc3c2)CC1. The maximum absolute atomic E-state index is 12.4. The first-order valence-corrected chi connectivity index (χ1v) is 10.8. The molecular formula is C23H32N2O4. The zero-order chi connectivity index (χ0) is 20.4. The summed E-state index contributed by atoms with van der Waals surface area (Å²) < 4.78 is 11.3. The van der Waals surface area contributed by atoms with E-state index in [9.17, 15) is 9.90 Å². The first-order chi connectivity index (χ1) is 13.9. The topological polar surface area (TPSA) is 74.9 Å². The highest BCUT2D eigenvalue weighted by molar-refractivity contribution is 5.96. The minimum absolute atomic E-state index is 0.103. The number of ether oxygens (including phenoxy) is 1. The van der Waals surface area contributed by atoms with Crippen LogP contribution in [0.5, 0.6) is 0 Å². The van der Waals surface area contributed by atoms with Crippen LogP contribution in [0.25, 0.3) is 11.0 Å². The van der Waals surface area contributed by atoms with E-state index >= 15 is 0 Å². The Morgan fingerprint density at radius 3 is 2.79 bits per heavy atom. The molecule has 2 aliphatic rings. The molecule has 2 saturated heterocycles. The molecule has 1 aromatic carbocycles. The molecule has 158 valence electrons. The van der Waals surface area contributed by atoms with Crippen LogP contribution in [0.3, 0.4) is 0 Å². The highest BCUT2D eigenvalue weighted by atomic mass is 16.5. The summed E-state index contributed by atoms with van der Waals surface area (Å²) >= 11 is 0. The fraction of sp³-hybridized carbons (Fsp3) is 0.609. The molecule has 6 heteroatoms. The van der Waals surface area contributed by atoms with Crippen LogP contribution in [-0.4, -0.2) is 54.8 Å². The maximum atomic E-state index is 12.4. The second-order valence-corrected chi connectivity index (χ2v) is 8.93. The highest BCUT2D eigenvalue weighted by Gasteiger charge is 2.34. The number of aliphatic hydroxyl groups is 1. The van der Waals surface area contributed by atoms with Gasteiger partial charge in [-0.3, -0.25) is 4.79 Å². The third kappa shape index (κ3) is 4.65. The van der Waals surface area contributed by atoms with Crippen LogP contribution >= 0.6 is 0 Å². The lowest BCUT2D eigenvalue weighted by atomic mass is 9.84. The van der Waals surface area contributed by atoms with Crippen LogP contribution in [0, 0.1) is 5.92 Å². The number of furan rings is 1. The summed E-state index contributed by atoms with van der Waals surface area (Å²) in [6.45, 7) is 8.59. The molecule has 0 radical (unpaired) electrons. The molecule has 2 aromatic rings. The van der Waals surface area contributed by atoms with E-state index in [2.05, 4.69) is 24.1 Å². The van der Waals surface area contributed by atoms with Gasteiger partial charge in [0.25, 0.3) is 5.91 Å². The summed E-state index contributed by atoms with van der Waals surface area (Å²) in [7, 11) is 0. The molecule has 6 nitrogen and oxygen atoms in total. The van der Waals surface area contributed by atoms with Crippen molar-refractivity contribution in [2.24, 2.45) is 5.92 Å². The number of likely N-dealkylation sites (tertiary alicyclic amines) is 1. The van der Waals surface area contributed by atoms with E-state index in [-0.39, 0.29) is 12.0 Å². The number of amides is 1. The molecule has 1 amide bonds. The summed E-state index contributed by atoms with van der Waals surface area (Å²) in [6.07, 6.45) is 3.57. The number of carbonyl (C=O) groups is 1. The molecule has 4 rings (SSSR count). The van der Waals surface area contributed by atoms with E-state index in [0.29, 0.717) is 23.8 Å². The van der Waals surface area contributed by atoms with Crippen molar-refractivity contribution < 1.29 is 19.1 Å². The molecule has 1 atom stereocenters. The largest absolute Gasteiger partial charge is 0.451 e. The summed E-state index contributed by atoms with van der Waals surface area (Å²) in [4.78, 5) is 14.9. The van der Waals surface area contributed by atoms with Crippen molar-refractivity contribution in [1.82, 2.24) is 10.2 Å². The number of carbonyl (C=O) groups excluding carboxylic acids is 1. The maximum Gasteiger partial charge on any atom is 0.287 e. The van der Waals surface area contributed by atoms with Gasteiger partial charge in [0.2, 0.25) is 0 Å². The molecule has 0 bridgehead atoms. The van der Waals surface area contributed by atoms with Gasteiger partial charge in [-0.15, -0.1) is 0 Å². The lowest BCUT2D eigenvalue weighted by Crippen LogP contribution is -2.43. The molecular weight excluding hydrogens is 368 g/mol. The molecule has 0 aliphatic carbocycles. The predicted octanol–water partition coefficient (Wildman–Crippen LogP) is 3.28. The van der Waals surface area contributed by atoms with Gasteiger partial charge in [0.15, 0.2) is 5.76 Å². The Bertz CT molecular complexity index is 846. The van der Waals surface area contributed by atoms with Crippen molar-refractivity contribution in [1.29, 1.82) is 0 Å². The Balaban J connectivity index is 1.43. The Morgan fingerprint density at radius 2 is 2.10 bits per heavy atom. The summed E-state index contributed by atoms with van der Waals surface area (Å²) in [5.74, 6) is 0.709. The molecule has 29 heavy (non-hydrogen) atoms. The second kappa shape index (κ2) is 8.46. The molecule has 0 saturated carbocycles. The number of piperidine rings is 1. The normalized spacial score (nSPS) is 22.4. The van der Waals surface area contributed by atoms with Gasteiger partial charge in [-0.25, -0.2) is 0 Å². The zero-order valence-electron chi connectivity index (χ0n) is 17.4. The van der Waals surface area contributed by atoms with Crippen molar-refractivity contribution in [2.45, 2.75) is 51.2 Å². The molecule has 0 unspecified atom stereocenters. The Hall–Kier alpha value is -1.89. The number of nitrogens with zero attached hydrogens (tertiary/aromatic N) is 1. The Labute approximate surface area is 172 Å². The number of hydrogen-bond acceptors (Lipinski definition) is 5. The highest BCUT2D eigenvalue weighted by Crippen LogP contribution is 2.35. The zero-order valence-corrected chi connectivity index (χ0v) is 17.4. The monoisotopic (exact) mass is 400 g/mol. The molecule has 2 aliphatic heterocycles. The van der Waals surface area contributed by atoms with Crippen LogP contribution in [0.2, 0.25) is 0 Å². The van der Waals surface area contributed by atoms with Crippen molar-refractivity contribution >= 4 is 16.9 Å². The summed E-state index contributed by atoms with van der Waals surface area (Å²) in [5, 5.41) is 15.0. The number of rotatable bonds is 6. The van der Waals surface area contributed by atoms with Crippen molar-refractivity contribution in [2.75, 3.05) is 32.8 Å². The predicted molar refractivity (Wildman–Crippen MR) is 112 cm³/mol. The minimum atomic E-state index is -0.818. The standard InChI is InChI=1S/C23H32N2O4/c1-16(2)15-25-9-7-23(27,8-10-25)18-5-6-20-17(12-18)13-21(29-20)22(26)24-14-19-4-3-11-28-19/h5-6,12-13,16,19,27H,3-4,7-11,14-15H2,1-2H3,(H,24,26)/t19-/m1/s1. The molecule has 2 N–H and O–H groups in total. The molecule has 0 spiro atoms. The van der Waals surface area contributed by atoms with E-state index in [1.165, 1.54) is 0 Å². The molecule has 1 aromatic heterocycles. The second-order valence-electron chi connectivity index (χ2n) is 8.93. The van der Waals surface area contributed by atoms with Gasteiger partial charge in [-0.1, -0.05) is 19.9 Å². The van der Waals surface area contributed by atoms with Gasteiger partial charge in [0, 0.05) is 38.2 Å². The quantitative estimate of drug-likeness (QED) is 0.778.